The van der Waals surface area contributed by atoms with E-state index in [1.165, 1.54) is 4.90 Å². The highest BCUT2D eigenvalue weighted by molar-refractivity contribution is 9.10. The maximum Gasteiger partial charge on any atom is 0.289 e. The molecule has 0 saturated carbocycles. The Morgan fingerprint density at radius 1 is 1.04 bits per heavy atom. The number of rotatable bonds is 5. The summed E-state index contributed by atoms with van der Waals surface area (Å²) in [7, 11) is 3.44. The molecule has 0 saturated heterocycles. The molecule has 27 heavy (non-hydrogen) atoms. The van der Waals surface area contributed by atoms with Gasteiger partial charge in [-0.2, -0.15) is 0 Å². The lowest BCUT2D eigenvalue weighted by atomic mass is 10.1. The third-order valence-corrected chi connectivity index (χ3v) is 4.98. The first-order valence-corrected chi connectivity index (χ1v) is 9.48. The fraction of sp³-hybridized carbons (Fsp3) is 0.238. The highest BCUT2D eigenvalue weighted by atomic mass is 79.9. The van der Waals surface area contributed by atoms with Crippen LogP contribution in [-0.2, 0) is 6.54 Å². The van der Waals surface area contributed by atoms with Crippen LogP contribution in [0.25, 0.3) is 11.0 Å². The molecule has 3 aromatic rings. The van der Waals surface area contributed by atoms with Gasteiger partial charge in [0, 0.05) is 38.1 Å². The number of halogens is 1. The minimum Gasteiger partial charge on any atom is -0.450 e. The van der Waals surface area contributed by atoms with E-state index in [2.05, 4.69) is 15.9 Å². The molecular formula is C21H21BrN2O3. The molecular weight excluding hydrogens is 408 g/mol. The molecule has 2 amide bonds. The lowest BCUT2D eigenvalue weighted by Gasteiger charge is -2.20. The van der Waals surface area contributed by atoms with Crippen LogP contribution in [-0.4, -0.2) is 42.3 Å². The summed E-state index contributed by atoms with van der Waals surface area (Å²) in [5.74, 6) is 0.116. The van der Waals surface area contributed by atoms with Gasteiger partial charge in [0.25, 0.3) is 11.8 Å². The van der Waals surface area contributed by atoms with Crippen LogP contribution in [0.15, 0.2) is 57.4 Å². The van der Waals surface area contributed by atoms with E-state index in [0.29, 0.717) is 30.0 Å². The van der Waals surface area contributed by atoms with Gasteiger partial charge >= 0.3 is 0 Å². The number of nitrogens with zero attached hydrogens (tertiary/aromatic N) is 2. The second-order valence-electron chi connectivity index (χ2n) is 6.48. The predicted molar refractivity (Wildman–Crippen MR) is 109 cm³/mol. The Kier molecular flexibility index (Phi) is 5.65. The normalized spacial score (nSPS) is 10.8. The Bertz CT molecular complexity index is 977. The van der Waals surface area contributed by atoms with Gasteiger partial charge in [-0.05, 0) is 52.7 Å². The zero-order valence-corrected chi connectivity index (χ0v) is 17.1. The molecule has 0 unspecified atom stereocenters. The first kappa shape index (κ1) is 19.2. The molecule has 3 rings (SSSR count). The molecule has 0 aliphatic heterocycles. The van der Waals surface area contributed by atoms with Gasteiger partial charge in [0.15, 0.2) is 5.76 Å². The van der Waals surface area contributed by atoms with E-state index in [9.17, 15) is 9.59 Å². The third kappa shape index (κ3) is 4.06. The summed E-state index contributed by atoms with van der Waals surface area (Å²) < 4.78 is 6.59. The highest BCUT2D eigenvalue weighted by Gasteiger charge is 2.20. The standard InChI is InChI=1S/C21H21BrN2O3/c1-4-24(13-14-8-10-15(11-9-14)20(25)23(2)3)21(26)18-12-16-6-5-7-17(22)19(16)27-18/h5-12H,4,13H2,1-3H3. The van der Waals surface area contributed by atoms with Crippen molar-refractivity contribution in [3.63, 3.8) is 0 Å². The lowest BCUT2D eigenvalue weighted by Crippen LogP contribution is -2.30. The number of hydrogen-bond acceptors (Lipinski definition) is 3. The summed E-state index contributed by atoms with van der Waals surface area (Å²) in [6.45, 7) is 2.93. The summed E-state index contributed by atoms with van der Waals surface area (Å²) in [5.41, 5.74) is 2.25. The van der Waals surface area contributed by atoms with E-state index in [0.717, 1.165) is 15.4 Å². The molecule has 0 aliphatic carbocycles. The molecule has 1 heterocycles. The summed E-state index contributed by atoms with van der Waals surface area (Å²) in [6.07, 6.45) is 0. The minimum absolute atomic E-state index is 0.0437. The van der Waals surface area contributed by atoms with Crippen molar-refractivity contribution in [2.45, 2.75) is 13.5 Å². The van der Waals surface area contributed by atoms with Crippen LogP contribution >= 0.6 is 15.9 Å². The fourth-order valence-electron chi connectivity index (χ4n) is 2.85. The van der Waals surface area contributed by atoms with E-state index in [1.54, 1.807) is 37.2 Å². The highest BCUT2D eigenvalue weighted by Crippen LogP contribution is 2.27. The number of hydrogen-bond donors (Lipinski definition) is 0. The number of amides is 2. The van der Waals surface area contributed by atoms with Gasteiger partial charge in [-0.15, -0.1) is 0 Å². The molecule has 0 bridgehead atoms. The van der Waals surface area contributed by atoms with Crippen molar-refractivity contribution in [3.05, 3.63) is 69.9 Å². The second kappa shape index (κ2) is 7.96. The summed E-state index contributed by atoms with van der Waals surface area (Å²) >= 11 is 3.45. The summed E-state index contributed by atoms with van der Waals surface area (Å²) in [5, 5.41) is 0.885. The molecule has 0 N–H and O–H groups in total. The maximum atomic E-state index is 12.9. The Morgan fingerprint density at radius 3 is 2.33 bits per heavy atom. The average Bonchev–Trinajstić information content (AvgIpc) is 3.11. The number of furan rings is 1. The van der Waals surface area contributed by atoms with E-state index in [-0.39, 0.29) is 11.8 Å². The van der Waals surface area contributed by atoms with Crippen LogP contribution in [0.4, 0.5) is 0 Å². The van der Waals surface area contributed by atoms with Crippen molar-refractivity contribution in [2.24, 2.45) is 0 Å². The van der Waals surface area contributed by atoms with Crippen molar-refractivity contribution in [3.8, 4) is 0 Å². The van der Waals surface area contributed by atoms with Gasteiger partial charge in [0.05, 0.1) is 4.47 Å². The van der Waals surface area contributed by atoms with Crippen molar-refractivity contribution in [2.75, 3.05) is 20.6 Å². The lowest BCUT2D eigenvalue weighted by molar-refractivity contribution is 0.0722. The smallest absolute Gasteiger partial charge is 0.289 e. The molecule has 0 atom stereocenters. The molecule has 2 aromatic carbocycles. The zero-order valence-electron chi connectivity index (χ0n) is 15.5. The van der Waals surface area contributed by atoms with Crippen LogP contribution < -0.4 is 0 Å². The van der Waals surface area contributed by atoms with Gasteiger partial charge in [-0.1, -0.05) is 24.3 Å². The zero-order chi connectivity index (χ0) is 19.6. The van der Waals surface area contributed by atoms with Crippen molar-refractivity contribution in [1.82, 2.24) is 9.80 Å². The largest absolute Gasteiger partial charge is 0.450 e. The van der Waals surface area contributed by atoms with E-state index in [4.69, 9.17) is 4.42 Å². The van der Waals surface area contributed by atoms with Crippen LogP contribution in [0, 0.1) is 0 Å². The van der Waals surface area contributed by atoms with Gasteiger partial charge in [0.2, 0.25) is 0 Å². The van der Waals surface area contributed by atoms with Crippen molar-refractivity contribution in [1.29, 1.82) is 0 Å². The van der Waals surface area contributed by atoms with E-state index in [1.807, 2.05) is 37.3 Å². The van der Waals surface area contributed by atoms with Crippen LogP contribution in [0.2, 0.25) is 0 Å². The SMILES string of the molecule is CCN(Cc1ccc(C(=O)N(C)C)cc1)C(=O)c1cc2cccc(Br)c2o1. The number of para-hydroxylation sites is 1. The van der Waals surface area contributed by atoms with Crippen LogP contribution in [0.5, 0.6) is 0 Å². The molecule has 0 aliphatic rings. The number of fused-ring (bicyclic) bond motifs is 1. The van der Waals surface area contributed by atoms with E-state index < -0.39 is 0 Å². The van der Waals surface area contributed by atoms with Gasteiger partial charge in [-0.25, -0.2) is 0 Å². The number of carbonyl (C=O) groups is 2. The van der Waals surface area contributed by atoms with E-state index >= 15 is 0 Å². The quantitative estimate of drug-likeness (QED) is 0.598. The average molecular weight is 429 g/mol. The van der Waals surface area contributed by atoms with Crippen molar-refractivity contribution < 1.29 is 14.0 Å². The van der Waals surface area contributed by atoms with Crippen LogP contribution in [0.3, 0.4) is 0 Å². The summed E-state index contributed by atoms with van der Waals surface area (Å²) in [6, 6.07) is 14.8. The predicted octanol–water partition coefficient (Wildman–Crippen LogP) is 4.56. The van der Waals surface area contributed by atoms with Gasteiger partial charge < -0.3 is 14.2 Å². The number of carbonyl (C=O) groups excluding carboxylic acids is 2. The monoisotopic (exact) mass is 428 g/mol. The summed E-state index contributed by atoms with van der Waals surface area (Å²) in [4.78, 5) is 28.1. The minimum atomic E-state index is -0.158. The van der Waals surface area contributed by atoms with Crippen LogP contribution in [0.1, 0.15) is 33.4 Å². The van der Waals surface area contributed by atoms with Crippen molar-refractivity contribution >= 4 is 38.7 Å². The van der Waals surface area contributed by atoms with Gasteiger partial charge in [-0.3, -0.25) is 9.59 Å². The molecule has 6 heteroatoms. The second-order valence-corrected chi connectivity index (χ2v) is 7.34. The topological polar surface area (TPSA) is 53.8 Å². The third-order valence-electron chi connectivity index (χ3n) is 4.36. The maximum absolute atomic E-state index is 12.9. The van der Waals surface area contributed by atoms with Gasteiger partial charge in [0.1, 0.15) is 5.58 Å². The first-order valence-electron chi connectivity index (χ1n) is 8.68. The molecule has 0 radical (unpaired) electrons. The molecule has 0 spiro atoms. The fourth-order valence-corrected chi connectivity index (χ4v) is 3.31. The molecule has 0 fully saturated rings. The molecule has 1 aromatic heterocycles. The Balaban J connectivity index is 1.79. The molecule has 140 valence electrons. The Hall–Kier alpha value is -2.60. The Morgan fingerprint density at radius 2 is 1.74 bits per heavy atom. The Labute approximate surface area is 166 Å². The first-order chi connectivity index (χ1) is 12.9. The molecule has 5 nitrogen and oxygen atoms in total. The number of benzene rings is 2.